The minimum atomic E-state index is -3.70. The highest BCUT2D eigenvalue weighted by Gasteiger charge is 2.27. The van der Waals surface area contributed by atoms with Crippen molar-refractivity contribution in [2.45, 2.75) is 52.0 Å². The van der Waals surface area contributed by atoms with Crippen LogP contribution < -0.4 is 4.72 Å². The van der Waals surface area contributed by atoms with E-state index in [-0.39, 0.29) is 13.2 Å². The van der Waals surface area contributed by atoms with Crippen LogP contribution in [0.4, 0.5) is 0 Å². The molecule has 0 saturated carbocycles. The van der Waals surface area contributed by atoms with Gasteiger partial charge in [-0.15, -0.1) is 0 Å². The minimum Gasteiger partial charge on any atom is -0.386 e. The van der Waals surface area contributed by atoms with Crippen molar-refractivity contribution >= 4 is 10.0 Å². The van der Waals surface area contributed by atoms with E-state index in [9.17, 15) is 13.5 Å². The summed E-state index contributed by atoms with van der Waals surface area (Å²) in [6.45, 7) is 11.0. The van der Waals surface area contributed by atoms with Crippen molar-refractivity contribution in [3.8, 4) is 0 Å². The van der Waals surface area contributed by atoms with Gasteiger partial charge in [-0.3, -0.25) is 0 Å². The van der Waals surface area contributed by atoms with Crippen molar-refractivity contribution in [1.29, 1.82) is 0 Å². The molecule has 1 aromatic carbocycles. The van der Waals surface area contributed by atoms with Crippen molar-refractivity contribution in [2.24, 2.45) is 0 Å². The molecule has 1 atom stereocenters. The number of nitrogens with one attached hydrogen (secondary N) is 1. The summed E-state index contributed by atoms with van der Waals surface area (Å²) in [6.07, 6.45) is 0. The van der Waals surface area contributed by atoms with Gasteiger partial charge in [0.2, 0.25) is 10.0 Å². The quantitative estimate of drug-likeness (QED) is 0.836. The van der Waals surface area contributed by atoms with E-state index in [0.717, 1.165) is 27.8 Å². The van der Waals surface area contributed by atoms with Gasteiger partial charge >= 0.3 is 0 Å². The fourth-order valence-electron chi connectivity index (χ4n) is 2.55. The molecule has 1 rings (SSSR count). The van der Waals surface area contributed by atoms with Crippen molar-refractivity contribution < 1.29 is 18.3 Å². The molecule has 0 saturated heterocycles. The zero-order valence-electron chi connectivity index (χ0n) is 14.5. The first-order valence-electron chi connectivity index (χ1n) is 7.22. The maximum Gasteiger partial charge on any atom is 0.241 e. The second-order valence-corrected chi connectivity index (χ2v) is 7.91. The largest absolute Gasteiger partial charge is 0.386 e. The molecule has 1 aromatic rings. The Morgan fingerprint density at radius 3 is 1.82 bits per heavy atom. The van der Waals surface area contributed by atoms with Crippen LogP contribution in [0.3, 0.4) is 0 Å². The molecule has 126 valence electrons. The third-order valence-electron chi connectivity index (χ3n) is 4.30. The van der Waals surface area contributed by atoms with Gasteiger partial charge in [-0.2, -0.15) is 0 Å². The molecular weight excluding hydrogens is 302 g/mol. The third kappa shape index (κ3) is 3.87. The van der Waals surface area contributed by atoms with Crippen molar-refractivity contribution in [2.75, 3.05) is 20.3 Å². The summed E-state index contributed by atoms with van der Waals surface area (Å²) in [7, 11) is -2.24. The lowest BCUT2D eigenvalue weighted by molar-refractivity contribution is -0.0119. The lowest BCUT2D eigenvalue weighted by atomic mass is 9.95. The first-order valence-corrected chi connectivity index (χ1v) is 8.71. The summed E-state index contributed by atoms with van der Waals surface area (Å²) in [5.41, 5.74) is 3.32. The van der Waals surface area contributed by atoms with Crippen LogP contribution in [0, 0.1) is 34.6 Å². The fraction of sp³-hybridized carbons (Fsp3) is 0.625. The van der Waals surface area contributed by atoms with E-state index in [1.807, 2.05) is 34.6 Å². The number of benzene rings is 1. The van der Waals surface area contributed by atoms with Crippen LogP contribution >= 0.6 is 0 Å². The topological polar surface area (TPSA) is 75.6 Å². The number of ether oxygens (including phenoxy) is 1. The number of rotatable bonds is 6. The molecule has 0 radical (unpaired) electrons. The Bertz CT molecular complexity index is 634. The van der Waals surface area contributed by atoms with Gasteiger partial charge in [0.15, 0.2) is 0 Å². The van der Waals surface area contributed by atoms with Gasteiger partial charge in [-0.1, -0.05) is 0 Å². The molecule has 6 heteroatoms. The van der Waals surface area contributed by atoms with E-state index >= 15 is 0 Å². The van der Waals surface area contributed by atoms with Crippen LogP contribution in [0.1, 0.15) is 34.7 Å². The predicted molar refractivity (Wildman–Crippen MR) is 87.8 cm³/mol. The average Bonchev–Trinajstić information content (AvgIpc) is 2.41. The standard InChI is InChI=1S/C16H27NO4S/c1-10-11(2)13(4)15(14(5)12(10)3)22(19,20)17-8-16(6,18)9-21-7/h17-18H,8-9H2,1-7H3. The Balaban J connectivity index is 3.25. The van der Waals surface area contributed by atoms with E-state index in [0.29, 0.717) is 4.90 Å². The van der Waals surface area contributed by atoms with Gasteiger partial charge in [0.1, 0.15) is 0 Å². The van der Waals surface area contributed by atoms with E-state index < -0.39 is 15.6 Å². The Morgan fingerprint density at radius 2 is 1.41 bits per heavy atom. The second-order valence-electron chi connectivity index (χ2n) is 6.21. The van der Waals surface area contributed by atoms with Gasteiger partial charge < -0.3 is 9.84 Å². The minimum absolute atomic E-state index is 0.0550. The van der Waals surface area contributed by atoms with E-state index in [4.69, 9.17) is 4.74 Å². The smallest absolute Gasteiger partial charge is 0.241 e. The maximum atomic E-state index is 12.7. The van der Waals surface area contributed by atoms with E-state index in [1.54, 1.807) is 0 Å². The zero-order chi connectivity index (χ0) is 17.3. The molecule has 0 fully saturated rings. The molecule has 22 heavy (non-hydrogen) atoms. The van der Waals surface area contributed by atoms with Gasteiger partial charge in [-0.05, 0) is 69.4 Å². The SMILES string of the molecule is COCC(C)(O)CNS(=O)(=O)c1c(C)c(C)c(C)c(C)c1C. The van der Waals surface area contributed by atoms with Gasteiger partial charge in [-0.25, -0.2) is 13.1 Å². The molecule has 5 nitrogen and oxygen atoms in total. The van der Waals surface area contributed by atoms with Gasteiger partial charge in [0, 0.05) is 13.7 Å². The molecule has 0 aliphatic rings. The van der Waals surface area contributed by atoms with Crippen molar-refractivity contribution in [3.05, 3.63) is 27.8 Å². The molecular formula is C16H27NO4S. The molecule has 0 heterocycles. The molecule has 0 spiro atoms. The Labute approximate surface area is 133 Å². The summed E-state index contributed by atoms with van der Waals surface area (Å²) in [4.78, 5) is 0.307. The maximum absolute atomic E-state index is 12.7. The van der Waals surface area contributed by atoms with Gasteiger partial charge in [0.25, 0.3) is 0 Å². The van der Waals surface area contributed by atoms with Gasteiger partial charge in [0.05, 0.1) is 17.1 Å². The molecule has 0 aromatic heterocycles. The Kier molecular flexibility index (Phi) is 5.78. The summed E-state index contributed by atoms with van der Waals surface area (Å²) >= 11 is 0. The van der Waals surface area contributed by atoms with Crippen LogP contribution in [0.2, 0.25) is 0 Å². The highest BCUT2D eigenvalue weighted by Crippen LogP contribution is 2.29. The molecule has 2 N–H and O–H groups in total. The van der Waals surface area contributed by atoms with Crippen molar-refractivity contribution in [3.63, 3.8) is 0 Å². The monoisotopic (exact) mass is 329 g/mol. The highest BCUT2D eigenvalue weighted by molar-refractivity contribution is 7.89. The average molecular weight is 329 g/mol. The summed E-state index contributed by atoms with van der Waals surface area (Å²) in [5.74, 6) is 0. The Morgan fingerprint density at radius 1 is 1.00 bits per heavy atom. The summed E-state index contributed by atoms with van der Waals surface area (Å²) < 4.78 is 32.7. The summed E-state index contributed by atoms with van der Waals surface area (Å²) in [6, 6.07) is 0. The molecule has 0 aliphatic carbocycles. The lowest BCUT2D eigenvalue weighted by Gasteiger charge is -2.24. The van der Waals surface area contributed by atoms with Crippen LogP contribution in [0.25, 0.3) is 0 Å². The first-order chi connectivity index (χ1) is 9.94. The zero-order valence-corrected chi connectivity index (χ0v) is 15.3. The van der Waals surface area contributed by atoms with E-state index in [2.05, 4.69) is 4.72 Å². The number of aliphatic hydroxyl groups is 1. The highest BCUT2D eigenvalue weighted by atomic mass is 32.2. The number of hydrogen-bond acceptors (Lipinski definition) is 4. The molecule has 0 aliphatic heterocycles. The van der Waals surface area contributed by atoms with Crippen LogP contribution in [-0.2, 0) is 14.8 Å². The van der Waals surface area contributed by atoms with Crippen LogP contribution in [-0.4, -0.2) is 39.4 Å². The van der Waals surface area contributed by atoms with Crippen LogP contribution in [0.15, 0.2) is 4.90 Å². The Hall–Kier alpha value is -0.950. The first kappa shape index (κ1) is 19.1. The van der Waals surface area contributed by atoms with Crippen molar-refractivity contribution in [1.82, 2.24) is 4.72 Å². The molecule has 0 bridgehead atoms. The second kappa shape index (κ2) is 6.66. The number of sulfonamides is 1. The number of methoxy groups -OCH3 is 1. The fourth-order valence-corrected chi connectivity index (χ4v) is 4.31. The lowest BCUT2D eigenvalue weighted by Crippen LogP contribution is -2.44. The van der Waals surface area contributed by atoms with Crippen LogP contribution in [0.5, 0.6) is 0 Å². The summed E-state index contributed by atoms with van der Waals surface area (Å²) in [5, 5.41) is 10.1. The number of hydrogen-bond donors (Lipinski definition) is 2. The normalized spacial score (nSPS) is 14.9. The predicted octanol–water partition coefficient (Wildman–Crippen LogP) is 1.90. The third-order valence-corrected chi connectivity index (χ3v) is 5.97. The molecule has 0 amide bonds. The van der Waals surface area contributed by atoms with E-state index in [1.165, 1.54) is 14.0 Å². The molecule has 1 unspecified atom stereocenters.